The van der Waals surface area contributed by atoms with Crippen LogP contribution < -0.4 is 11.1 Å². The largest absolute Gasteiger partial charge is 0.382 e. The molecule has 1 unspecified atom stereocenters. The third-order valence-corrected chi connectivity index (χ3v) is 4.58. The van der Waals surface area contributed by atoms with Crippen LogP contribution in [0.15, 0.2) is 0 Å². The second-order valence-corrected chi connectivity index (χ2v) is 6.71. The molecule has 0 radical (unpaired) electrons. The Kier molecular flexibility index (Phi) is 4.44. The summed E-state index contributed by atoms with van der Waals surface area (Å²) in [6, 6.07) is 0.263. The molecule has 0 aromatic carbocycles. The first-order valence-corrected chi connectivity index (χ1v) is 6.71. The average Bonchev–Trinajstić information content (AvgIpc) is 2.31. The monoisotopic (exact) mass is 256 g/mol. The minimum Gasteiger partial charge on any atom is -0.382 e. The van der Waals surface area contributed by atoms with Crippen LogP contribution in [0.3, 0.4) is 0 Å². The van der Waals surface area contributed by atoms with Crippen molar-refractivity contribution in [2.75, 3.05) is 7.11 Å². The van der Waals surface area contributed by atoms with Gasteiger partial charge in [-0.25, -0.2) is 0 Å². The fourth-order valence-electron chi connectivity index (χ4n) is 3.24. The summed E-state index contributed by atoms with van der Waals surface area (Å²) >= 11 is 0. The molecule has 1 aliphatic rings. The zero-order chi connectivity index (χ0) is 14.1. The van der Waals surface area contributed by atoms with Crippen LogP contribution in [-0.2, 0) is 9.53 Å². The number of methoxy groups -OCH3 is 1. The quantitative estimate of drug-likeness (QED) is 0.786. The number of carbonyl (C=O) groups excluding carboxylic acids is 1. The highest BCUT2D eigenvalue weighted by Gasteiger charge is 2.60. The minimum atomic E-state index is -0.0357. The van der Waals surface area contributed by atoms with Gasteiger partial charge in [0.05, 0.1) is 6.10 Å². The van der Waals surface area contributed by atoms with E-state index in [0.29, 0.717) is 6.42 Å². The van der Waals surface area contributed by atoms with Gasteiger partial charge in [0.15, 0.2) is 0 Å². The summed E-state index contributed by atoms with van der Waals surface area (Å²) in [4.78, 5) is 11.9. The Morgan fingerprint density at radius 3 is 2.28 bits per heavy atom. The summed E-state index contributed by atoms with van der Waals surface area (Å²) in [7, 11) is 1.67. The molecule has 3 N–H and O–H groups in total. The van der Waals surface area contributed by atoms with Gasteiger partial charge in [-0.05, 0) is 13.3 Å². The molecule has 1 saturated carbocycles. The zero-order valence-corrected chi connectivity index (χ0v) is 12.5. The summed E-state index contributed by atoms with van der Waals surface area (Å²) in [5.74, 6) is 0.0944. The maximum absolute atomic E-state index is 11.9. The van der Waals surface area contributed by atoms with Gasteiger partial charge in [0.1, 0.15) is 0 Å². The Bertz CT molecular complexity index is 297. The lowest BCUT2D eigenvalue weighted by Gasteiger charge is -2.62. The van der Waals surface area contributed by atoms with E-state index in [-0.39, 0.29) is 34.9 Å². The van der Waals surface area contributed by atoms with Crippen LogP contribution in [0.1, 0.15) is 47.5 Å². The van der Waals surface area contributed by atoms with Gasteiger partial charge in [-0.2, -0.15) is 0 Å². The first kappa shape index (κ1) is 15.4. The number of ether oxygens (including phenoxy) is 1. The fourth-order valence-corrected chi connectivity index (χ4v) is 3.24. The molecule has 0 heterocycles. The Labute approximate surface area is 111 Å². The lowest BCUT2D eigenvalue weighted by Crippen LogP contribution is -2.76. The van der Waals surface area contributed by atoms with Crippen LogP contribution in [0.25, 0.3) is 0 Å². The van der Waals surface area contributed by atoms with Crippen molar-refractivity contribution in [3.8, 4) is 0 Å². The fraction of sp³-hybridized carbons (Fsp3) is 0.929. The molecule has 18 heavy (non-hydrogen) atoms. The first-order chi connectivity index (χ1) is 8.14. The molecule has 1 atom stereocenters. The normalized spacial score (nSPS) is 30.4. The second-order valence-electron chi connectivity index (χ2n) is 6.71. The van der Waals surface area contributed by atoms with Crippen LogP contribution in [0.5, 0.6) is 0 Å². The van der Waals surface area contributed by atoms with Crippen LogP contribution in [0.2, 0.25) is 0 Å². The number of hydrogen-bond acceptors (Lipinski definition) is 3. The van der Waals surface area contributed by atoms with Crippen molar-refractivity contribution >= 4 is 5.91 Å². The molecule has 0 aliphatic heterocycles. The van der Waals surface area contributed by atoms with Crippen molar-refractivity contribution in [2.24, 2.45) is 16.6 Å². The average molecular weight is 256 g/mol. The SMILES string of the molecule is COC(C)CCC(=O)NC1C(C)(C)C(N)C1(C)C. The van der Waals surface area contributed by atoms with Gasteiger partial charge >= 0.3 is 0 Å². The maximum Gasteiger partial charge on any atom is 0.220 e. The lowest BCUT2D eigenvalue weighted by molar-refractivity contribution is -0.132. The number of hydrogen-bond donors (Lipinski definition) is 2. The molecule has 0 aromatic rings. The van der Waals surface area contributed by atoms with E-state index in [2.05, 4.69) is 33.0 Å². The zero-order valence-electron chi connectivity index (χ0n) is 12.5. The van der Waals surface area contributed by atoms with E-state index in [1.165, 1.54) is 0 Å². The molecule has 0 saturated heterocycles. The molecular formula is C14H28N2O2. The number of carbonyl (C=O) groups is 1. The number of amides is 1. The number of nitrogens with two attached hydrogens (primary N) is 1. The highest BCUT2D eigenvalue weighted by atomic mass is 16.5. The second kappa shape index (κ2) is 5.17. The smallest absolute Gasteiger partial charge is 0.220 e. The van der Waals surface area contributed by atoms with Crippen molar-refractivity contribution in [1.82, 2.24) is 5.32 Å². The Morgan fingerprint density at radius 1 is 1.33 bits per heavy atom. The molecule has 1 aliphatic carbocycles. The van der Waals surface area contributed by atoms with E-state index < -0.39 is 0 Å². The summed E-state index contributed by atoms with van der Waals surface area (Å²) in [5, 5.41) is 3.13. The van der Waals surface area contributed by atoms with E-state index in [1.54, 1.807) is 7.11 Å². The van der Waals surface area contributed by atoms with E-state index in [1.807, 2.05) is 6.92 Å². The van der Waals surface area contributed by atoms with Crippen molar-refractivity contribution < 1.29 is 9.53 Å². The third kappa shape index (κ3) is 2.69. The molecule has 106 valence electrons. The van der Waals surface area contributed by atoms with E-state index >= 15 is 0 Å². The summed E-state index contributed by atoms with van der Waals surface area (Å²) < 4.78 is 5.14. The van der Waals surface area contributed by atoms with E-state index in [4.69, 9.17) is 10.5 Å². The predicted molar refractivity (Wildman–Crippen MR) is 73.2 cm³/mol. The van der Waals surface area contributed by atoms with Gasteiger partial charge < -0.3 is 15.8 Å². The van der Waals surface area contributed by atoms with Crippen LogP contribution in [-0.4, -0.2) is 31.2 Å². The Hall–Kier alpha value is -0.610. The van der Waals surface area contributed by atoms with Crippen LogP contribution in [0, 0.1) is 10.8 Å². The highest BCUT2D eigenvalue weighted by molar-refractivity contribution is 5.76. The molecule has 0 bridgehead atoms. The molecule has 0 aromatic heterocycles. The van der Waals surface area contributed by atoms with Crippen LogP contribution >= 0.6 is 0 Å². The van der Waals surface area contributed by atoms with Crippen molar-refractivity contribution in [3.05, 3.63) is 0 Å². The molecule has 4 heteroatoms. The van der Waals surface area contributed by atoms with Gasteiger partial charge in [-0.15, -0.1) is 0 Å². The molecule has 1 fully saturated rings. The summed E-state index contributed by atoms with van der Waals surface area (Å²) in [6.07, 6.45) is 1.38. The summed E-state index contributed by atoms with van der Waals surface area (Å²) in [5.41, 5.74) is 6.10. The molecule has 4 nitrogen and oxygen atoms in total. The number of nitrogens with one attached hydrogen (secondary N) is 1. The van der Waals surface area contributed by atoms with Crippen molar-refractivity contribution in [2.45, 2.75) is 65.6 Å². The first-order valence-electron chi connectivity index (χ1n) is 6.71. The predicted octanol–water partition coefficient (Wildman–Crippen LogP) is 1.68. The van der Waals surface area contributed by atoms with E-state index in [0.717, 1.165) is 6.42 Å². The third-order valence-electron chi connectivity index (χ3n) is 4.58. The molecule has 0 spiro atoms. The van der Waals surface area contributed by atoms with Gasteiger partial charge in [-0.3, -0.25) is 4.79 Å². The standard InChI is InChI=1S/C14H28N2O2/c1-9(18-6)7-8-10(17)16-12-13(2,3)11(15)14(12,4)5/h9,11-12H,7-8,15H2,1-6H3,(H,16,17). The van der Waals surface area contributed by atoms with Gasteiger partial charge in [0.2, 0.25) is 5.91 Å². The lowest BCUT2D eigenvalue weighted by atomic mass is 9.48. The Balaban J connectivity index is 2.50. The topological polar surface area (TPSA) is 64.3 Å². The van der Waals surface area contributed by atoms with Crippen LogP contribution in [0.4, 0.5) is 0 Å². The van der Waals surface area contributed by atoms with E-state index in [9.17, 15) is 4.79 Å². The Morgan fingerprint density at radius 2 is 1.83 bits per heavy atom. The van der Waals surface area contributed by atoms with Gasteiger partial charge in [-0.1, -0.05) is 27.7 Å². The molecule has 1 rings (SSSR count). The highest BCUT2D eigenvalue weighted by Crippen LogP contribution is 2.52. The number of rotatable bonds is 5. The van der Waals surface area contributed by atoms with Crippen molar-refractivity contribution in [3.63, 3.8) is 0 Å². The molecule has 1 amide bonds. The molecular weight excluding hydrogens is 228 g/mol. The van der Waals surface area contributed by atoms with Gasteiger partial charge in [0, 0.05) is 36.4 Å². The van der Waals surface area contributed by atoms with Crippen molar-refractivity contribution in [1.29, 1.82) is 0 Å². The summed E-state index contributed by atoms with van der Waals surface area (Å²) in [6.45, 7) is 10.4. The van der Waals surface area contributed by atoms with Gasteiger partial charge in [0.25, 0.3) is 0 Å². The maximum atomic E-state index is 11.9. The minimum absolute atomic E-state index is 0.0357.